The molecule has 1 N–H and O–H groups in total. The number of nitrogens with zero attached hydrogens (tertiary/aromatic N) is 1. The lowest BCUT2D eigenvalue weighted by atomic mass is 10.1. The summed E-state index contributed by atoms with van der Waals surface area (Å²) in [7, 11) is 0. The van der Waals surface area contributed by atoms with E-state index in [2.05, 4.69) is 0 Å². The summed E-state index contributed by atoms with van der Waals surface area (Å²) in [6.07, 6.45) is 0. The van der Waals surface area contributed by atoms with Crippen LogP contribution in [0.1, 0.15) is 17.3 Å². The Bertz CT molecular complexity index is 1020. The van der Waals surface area contributed by atoms with Gasteiger partial charge in [-0.15, -0.1) is 0 Å². The number of aromatic hydroxyl groups is 1. The minimum Gasteiger partial charge on any atom is -0.493 e. The molecule has 3 aromatic rings. The second-order valence-electron chi connectivity index (χ2n) is 5.23. The molecule has 128 valence electrons. The lowest BCUT2D eigenvalue weighted by molar-refractivity contribution is 0.0524. The van der Waals surface area contributed by atoms with E-state index in [9.17, 15) is 14.7 Å². The number of carbonyl (C=O) groups is 1. The SMILES string of the molecule is CCOC(=O)c1c(O)n(-c2cc(Cl)cc(Cl)c2)c(=O)c2ccccc12. The number of esters is 1. The van der Waals surface area contributed by atoms with Crippen molar-refractivity contribution in [3.63, 3.8) is 0 Å². The van der Waals surface area contributed by atoms with Crippen LogP contribution in [-0.2, 0) is 4.74 Å². The minimum atomic E-state index is -0.724. The van der Waals surface area contributed by atoms with Gasteiger partial charge in [-0.2, -0.15) is 0 Å². The molecule has 0 fully saturated rings. The Morgan fingerprint density at radius 1 is 1.12 bits per heavy atom. The Kier molecular flexibility index (Phi) is 4.70. The number of fused-ring (bicyclic) bond motifs is 1. The van der Waals surface area contributed by atoms with E-state index in [0.29, 0.717) is 15.4 Å². The quantitative estimate of drug-likeness (QED) is 0.695. The van der Waals surface area contributed by atoms with E-state index in [1.807, 2.05) is 0 Å². The van der Waals surface area contributed by atoms with Crippen LogP contribution < -0.4 is 5.56 Å². The maximum Gasteiger partial charge on any atom is 0.344 e. The van der Waals surface area contributed by atoms with Gasteiger partial charge in [0.05, 0.1) is 12.3 Å². The van der Waals surface area contributed by atoms with Crippen LogP contribution in [0.15, 0.2) is 47.3 Å². The summed E-state index contributed by atoms with van der Waals surface area (Å²) in [6.45, 7) is 1.79. The van der Waals surface area contributed by atoms with Gasteiger partial charge in [-0.3, -0.25) is 4.79 Å². The molecule has 0 atom stereocenters. The topological polar surface area (TPSA) is 68.5 Å². The molecule has 0 radical (unpaired) electrons. The summed E-state index contributed by atoms with van der Waals surface area (Å²) in [5.41, 5.74) is -0.344. The zero-order valence-electron chi connectivity index (χ0n) is 13.1. The fourth-order valence-electron chi connectivity index (χ4n) is 2.65. The van der Waals surface area contributed by atoms with E-state index in [1.54, 1.807) is 31.2 Å². The first kappa shape index (κ1) is 17.3. The molecular weight excluding hydrogens is 365 g/mol. The highest BCUT2D eigenvalue weighted by atomic mass is 35.5. The number of benzene rings is 2. The standard InChI is InChI=1S/C18H13Cl2NO4/c1-2-25-18(24)15-13-5-3-4-6-14(13)16(22)21(17(15)23)12-8-10(19)7-11(20)9-12/h3-9,23H,2H2,1H3. The van der Waals surface area contributed by atoms with E-state index in [-0.39, 0.29) is 23.2 Å². The van der Waals surface area contributed by atoms with Crippen LogP contribution in [0, 0.1) is 0 Å². The van der Waals surface area contributed by atoms with Crippen molar-refractivity contribution >= 4 is 39.9 Å². The molecule has 0 aliphatic rings. The molecule has 0 aliphatic heterocycles. The summed E-state index contributed by atoms with van der Waals surface area (Å²) in [5.74, 6) is -1.25. The van der Waals surface area contributed by atoms with Crippen LogP contribution in [0.3, 0.4) is 0 Å². The molecule has 0 spiro atoms. The second kappa shape index (κ2) is 6.78. The zero-order valence-corrected chi connectivity index (χ0v) is 14.6. The summed E-state index contributed by atoms with van der Waals surface area (Å²) < 4.78 is 6.02. The molecule has 0 saturated carbocycles. The maximum atomic E-state index is 12.9. The van der Waals surface area contributed by atoms with Crippen molar-refractivity contribution in [3.05, 3.63) is 68.4 Å². The summed E-state index contributed by atoms with van der Waals surface area (Å²) in [4.78, 5) is 25.2. The Labute approximate surface area is 153 Å². The smallest absolute Gasteiger partial charge is 0.344 e. The van der Waals surface area contributed by atoms with Crippen molar-refractivity contribution in [2.24, 2.45) is 0 Å². The maximum absolute atomic E-state index is 12.9. The predicted molar refractivity (Wildman–Crippen MR) is 97.2 cm³/mol. The Balaban J connectivity index is 2.44. The van der Waals surface area contributed by atoms with Gasteiger partial charge < -0.3 is 9.84 Å². The largest absolute Gasteiger partial charge is 0.493 e. The molecule has 7 heteroatoms. The average molecular weight is 378 g/mol. The Morgan fingerprint density at radius 2 is 1.72 bits per heavy atom. The lowest BCUT2D eigenvalue weighted by Gasteiger charge is -2.15. The number of aromatic nitrogens is 1. The van der Waals surface area contributed by atoms with E-state index in [0.717, 1.165) is 4.57 Å². The third kappa shape index (κ3) is 3.08. The van der Waals surface area contributed by atoms with Crippen molar-refractivity contribution in [2.45, 2.75) is 6.92 Å². The first-order valence-corrected chi connectivity index (χ1v) is 8.20. The second-order valence-corrected chi connectivity index (χ2v) is 6.11. The van der Waals surface area contributed by atoms with Crippen LogP contribution in [0.25, 0.3) is 16.5 Å². The highest BCUT2D eigenvalue weighted by Crippen LogP contribution is 2.30. The van der Waals surface area contributed by atoms with Crippen LogP contribution in [0.2, 0.25) is 10.0 Å². The summed E-state index contributed by atoms with van der Waals surface area (Å²) >= 11 is 12.0. The number of hydrogen-bond donors (Lipinski definition) is 1. The summed E-state index contributed by atoms with van der Waals surface area (Å²) in [5, 5.41) is 11.8. The van der Waals surface area contributed by atoms with E-state index < -0.39 is 17.4 Å². The lowest BCUT2D eigenvalue weighted by Crippen LogP contribution is -2.22. The van der Waals surface area contributed by atoms with Crippen LogP contribution in [-0.4, -0.2) is 22.2 Å². The van der Waals surface area contributed by atoms with Crippen LogP contribution >= 0.6 is 23.2 Å². The first-order valence-electron chi connectivity index (χ1n) is 7.44. The average Bonchev–Trinajstić information content (AvgIpc) is 2.54. The highest BCUT2D eigenvalue weighted by molar-refractivity contribution is 6.34. The molecule has 0 unspecified atom stereocenters. The van der Waals surface area contributed by atoms with Crippen molar-refractivity contribution < 1.29 is 14.6 Å². The van der Waals surface area contributed by atoms with Gasteiger partial charge in [-0.25, -0.2) is 9.36 Å². The van der Waals surface area contributed by atoms with E-state index >= 15 is 0 Å². The fraction of sp³-hybridized carbons (Fsp3) is 0.111. The Hall–Kier alpha value is -2.50. The van der Waals surface area contributed by atoms with Crippen molar-refractivity contribution in [1.82, 2.24) is 4.57 Å². The van der Waals surface area contributed by atoms with Crippen LogP contribution in [0.5, 0.6) is 5.88 Å². The van der Waals surface area contributed by atoms with Crippen molar-refractivity contribution in [1.29, 1.82) is 0 Å². The number of ether oxygens (including phenoxy) is 1. The molecule has 3 rings (SSSR count). The predicted octanol–water partition coefficient (Wildman–Crippen LogP) is 4.18. The van der Waals surface area contributed by atoms with Gasteiger partial charge in [0.1, 0.15) is 5.56 Å². The molecule has 25 heavy (non-hydrogen) atoms. The van der Waals surface area contributed by atoms with Gasteiger partial charge in [-0.05, 0) is 31.2 Å². The molecule has 0 aliphatic carbocycles. The third-order valence-electron chi connectivity index (χ3n) is 3.65. The monoisotopic (exact) mass is 377 g/mol. The fourth-order valence-corrected chi connectivity index (χ4v) is 3.16. The third-order valence-corrected chi connectivity index (χ3v) is 4.09. The normalized spacial score (nSPS) is 10.8. The van der Waals surface area contributed by atoms with Gasteiger partial charge in [0.15, 0.2) is 0 Å². The molecule has 0 bridgehead atoms. The molecule has 5 nitrogen and oxygen atoms in total. The first-order chi connectivity index (χ1) is 11.9. The molecule has 0 saturated heterocycles. The van der Waals surface area contributed by atoms with Crippen LogP contribution in [0.4, 0.5) is 0 Å². The molecule has 1 aromatic heterocycles. The number of carbonyl (C=O) groups excluding carboxylic acids is 1. The van der Waals surface area contributed by atoms with Crippen molar-refractivity contribution in [2.75, 3.05) is 6.61 Å². The number of halogens is 2. The summed E-state index contributed by atoms with van der Waals surface area (Å²) in [6, 6.07) is 10.9. The molecule has 1 heterocycles. The number of pyridine rings is 1. The van der Waals surface area contributed by atoms with Gasteiger partial charge in [0.25, 0.3) is 5.56 Å². The van der Waals surface area contributed by atoms with Gasteiger partial charge in [0, 0.05) is 20.8 Å². The highest BCUT2D eigenvalue weighted by Gasteiger charge is 2.23. The molecular formula is C18H13Cl2NO4. The van der Waals surface area contributed by atoms with Crippen molar-refractivity contribution in [3.8, 4) is 11.6 Å². The Morgan fingerprint density at radius 3 is 2.32 bits per heavy atom. The zero-order chi connectivity index (χ0) is 18.1. The van der Waals surface area contributed by atoms with E-state index in [1.165, 1.54) is 18.2 Å². The molecule has 0 amide bonds. The van der Waals surface area contributed by atoms with Gasteiger partial charge in [-0.1, -0.05) is 41.4 Å². The molecule has 2 aromatic carbocycles. The van der Waals surface area contributed by atoms with E-state index in [4.69, 9.17) is 27.9 Å². The minimum absolute atomic E-state index is 0.0897. The van der Waals surface area contributed by atoms with Gasteiger partial charge in [0.2, 0.25) is 5.88 Å². The van der Waals surface area contributed by atoms with Gasteiger partial charge >= 0.3 is 5.97 Å². The number of hydrogen-bond acceptors (Lipinski definition) is 4. The number of rotatable bonds is 3.